The van der Waals surface area contributed by atoms with Crippen LogP contribution in [0.15, 0.2) is 60.7 Å². The van der Waals surface area contributed by atoms with Crippen LogP contribution in [0, 0.1) is 11.8 Å². The number of β-lactam (4-membered cyclic amide) rings is 1. The van der Waals surface area contributed by atoms with E-state index in [1.54, 1.807) is 24.9 Å². The second-order valence-electron chi connectivity index (χ2n) is 10.1. The summed E-state index contributed by atoms with van der Waals surface area (Å²) in [6.45, 7) is 15.0. The van der Waals surface area contributed by atoms with E-state index in [9.17, 15) is 24.3 Å². The van der Waals surface area contributed by atoms with E-state index in [-0.39, 0.29) is 61.2 Å². The Hall–Kier alpha value is -3.51. The van der Waals surface area contributed by atoms with E-state index in [0.29, 0.717) is 17.9 Å². The zero-order valence-corrected chi connectivity index (χ0v) is 24.6. The van der Waals surface area contributed by atoms with Crippen molar-refractivity contribution in [2.45, 2.75) is 43.7 Å². The Labute approximate surface area is 245 Å². The lowest BCUT2D eigenvalue weighted by atomic mass is 9.79. The summed E-state index contributed by atoms with van der Waals surface area (Å²) < 4.78 is 15.7. The fourth-order valence-corrected chi connectivity index (χ4v) is 6.79. The molecule has 41 heavy (non-hydrogen) atoms. The molecule has 2 fully saturated rings. The van der Waals surface area contributed by atoms with Crippen LogP contribution in [-0.4, -0.2) is 107 Å². The minimum Gasteiger partial charge on any atom is -0.457 e. The molecule has 0 radical (unpaired) electrons. The van der Waals surface area contributed by atoms with Crippen LogP contribution in [0.3, 0.4) is 0 Å². The molecule has 12 heteroatoms. The quantitative estimate of drug-likeness (QED) is 0.149. The van der Waals surface area contributed by atoms with Gasteiger partial charge in [0.25, 0.3) is 0 Å². The summed E-state index contributed by atoms with van der Waals surface area (Å²) in [5.41, 5.74) is 0.190. The van der Waals surface area contributed by atoms with Crippen molar-refractivity contribution in [3.05, 3.63) is 60.7 Å². The van der Waals surface area contributed by atoms with Crippen LogP contribution in [0.5, 0.6) is 0 Å². The molecule has 0 spiro atoms. The SMILES string of the molecule is C=CCOC(=O)C1=C(S[C@H]2C[C@@H](/C=C/CN(C)C(=O)OCC=C)N(C(=O)OCC=C)C2)[C@H](C)[C@@H]2[C@@H]([C@@H](C)O)C(=O)N12. The second kappa shape index (κ2) is 14.4. The summed E-state index contributed by atoms with van der Waals surface area (Å²) in [7, 11) is 1.60. The molecule has 3 amide bonds. The summed E-state index contributed by atoms with van der Waals surface area (Å²) in [6.07, 6.45) is 6.74. The van der Waals surface area contributed by atoms with Crippen LogP contribution >= 0.6 is 11.8 Å². The summed E-state index contributed by atoms with van der Waals surface area (Å²) in [4.78, 5) is 56.1. The zero-order chi connectivity index (χ0) is 30.3. The fraction of sp³-hybridized carbons (Fsp3) is 0.517. The third-order valence-electron chi connectivity index (χ3n) is 7.17. The minimum absolute atomic E-state index is 0.00398. The van der Waals surface area contributed by atoms with Crippen LogP contribution in [0.4, 0.5) is 9.59 Å². The Balaban J connectivity index is 1.81. The van der Waals surface area contributed by atoms with E-state index in [0.717, 1.165) is 0 Å². The molecule has 0 saturated carbocycles. The van der Waals surface area contributed by atoms with Gasteiger partial charge in [-0.3, -0.25) is 4.79 Å². The first-order valence-corrected chi connectivity index (χ1v) is 14.3. The predicted octanol–water partition coefficient (Wildman–Crippen LogP) is 3.09. The molecular formula is C29H39N3O8S. The van der Waals surface area contributed by atoms with Gasteiger partial charge >= 0.3 is 18.2 Å². The third-order valence-corrected chi connectivity index (χ3v) is 8.66. The molecule has 0 aromatic carbocycles. The number of aliphatic hydroxyl groups is 1. The van der Waals surface area contributed by atoms with Gasteiger partial charge in [-0.05, 0) is 13.3 Å². The molecule has 2 saturated heterocycles. The number of likely N-dealkylation sites (N-methyl/N-ethyl adjacent to an activating group) is 1. The van der Waals surface area contributed by atoms with Gasteiger partial charge in [0.2, 0.25) is 5.91 Å². The van der Waals surface area contributed by atoms with Gasteiger partial charge in [-0.15, -0.1) is 11.8 Å². The smallest absolute Gasteiger partial charge is 0.410 e. The number of amides is 3. The normalized spacial score (nSPS) is 25.9. The highest BCUT2D eigenvalue weighted by molar-refractivity contribution is 8.03. The Morgan fingerprint density at radius 2 is 1.76 bits per heavy atom. The first-order valence-electron chi connectivity index (χ1n) is 13.5. The van der Waals surface area contributed by atoms with Crippen molar-refractivity contribution in [1.29, 1.82) is 0 Å². The molecule has 0 bridgehead atoms. The number of rotatable bonds is 13. The number of likely N-dealkylation sites (tertiary alicyclic amines) is 1. The van der Waals surface area contributed by atoms with Crippen LogP contribution < -0.4 is 0 Å². The molecule has 3 heterocycles. The van der Waals surface area contributed by atoms with E-state index in [2.05, 4.69) is 19.7 Å². The molecule has 6 atom stereocenters. The largest absolute Gasteiger partial charge is 0.457 e. The second-order valence-corrected chi connectivity index (χ2v) is 11.4. The van der Waals surface area contributed by atoms with E-state index in [1.165, 1.54) is 39.8 Å². The number of carbonyl (C=O) groups excluding carboxylic acids is 4. The van der Waals surface area contributed by atoms with Gasteiger partial charge in [-0.1, -0.05) is 57.0 Å². The van der Waals surface area contributed by atoms with Gasteiger partial charge in [0, 0.05) is 36.2 Å². The van der Waals surface area contributed by atoms with E-state index >= 15 is 0 Å². The molecular weight excluding hydrogens is 550 g/mol. The number of ether oxygens (including phenoxy) is 3. The number of hydrogen-bond donors (Lipinski definition) is 1. The van der Waals surface area contributed by atoms with Crippen molar-refractivity contribution in [2.24, 2.45) is 11.8 Å². The van der Waals surface area contributed by atoms with Gasteiger partial charge in [0.05, 0.1) is 24.1 Å². The molecule has 3 aliphatic rings. The number of esters is 1. The monoisotopic (exact) mass is 589 g/mol. The zero-order valence-electron chi connectivity index (χ0n) is 23.8. The van der Waals surface area contributed by atoms with Gasteiger partial charge in [-0.2, -0.15) is 0 Å². The van der Waals surface area contributed by atoms with Crippen LogP contribution in [0.25, 0.3) is 0 Å². The van der Waals surface area contributed by atoms with Crippen LogP contribution in [0.1, 0.15) is 20.3 Å². The highest BCUT2D eigenvalue weighted by atomic mass is 32.2. The lowest BCUT2D eigenvalue weighted by Crippen LogP contribution is -2.63. The van der Waals surface area contributed by atoms with Crippen molar-refractivity contribution < 1.29 is 38.5 Å². The Kier molecular flexibility index (Phi) is 11.2. The van der Waals surface area contributed by atoms with Crippen molar-refractivity contribution >= 4 is 35.8 Å². The Morgan fingerprint density at radius 1 is 1.12 bits per heavy atom. The number of thioether (sulfide) groups is 1. The van der Waals surface area contributed by atoms with E-state index in [4.69, 9.17) is 14.2 Å². The first-order chi connectivity index (χ1) is 19.6. The fourth-order valence-electron chi connectivity index (χ4n) is 5.26. The van der Waals surface area contributed by atoms with E-state index in [1.807, 2.05) is 13.0 Å². The maximum atomic E-state index is 13.1. The molecule has 11 nitrogen and oxygen atoms in total. The maximum Gasteiger partial charge on any atom is 0.410 e. The summed E-state index contributed by atoms with van der Waals surface area (Å²) in [5, 5.41) is 10.1. The van der Waals surface area contributed by atoms with Crippen molar-refractivity contribution in [3.8, 4) is 0 Å². The van der Waals surface area contributed by atoms with Crippen molar-refractivity contribution in [3.63, 3.8) is 0 Å². The standard InChI is InChI=1S/C29H39N3O8S/c1-7-13-38-27(35)24-25(18(4)23-22(19(5)33)26(34)32(23)24)41-21-16-20(31(17-21)29(37)40-15-9-3)11-10-12-30(6)28(36)39-14-8-2/h7-11,18-23,33H,1-3,12-17H2,4-6H3/b11-10+/t18-,19-,20-,21+,22-,23-/m1/s1. The molecule has 3 rings (SSSR count). The molecule has 1 N–H and O–H groups in total. The Morgan fingerprint density at radius 3 is 2.39 bits per heavy atom. The molecule has 0 unspecified atom stereocenters. The van der Waals surface area contributed by atoms with Gasteiger partial charge in [0.15, 0.2) is 0 Å². The first kappa shape index (κ1) is 32.0. The average molecular weight is 590 g/mol. The summed E-state index contributed by atoms with van der Waals surface area (Å²) in [6, 6.07) is -0.682. The highest BCUT2D eigenvalue weighted by Crippen LogP contribution is 2.52. The van der Waals surface area contributed by atoms with Crippen LogP contribution in [-0.2, 0) is 23.8 Å². The van der Waals surface area contributed by atoms with Crippen LogP contribution in [0.2, 0.25) is 0 Å². The lowest BCUT2D eigenvalue weighted by Gasteiger charge is -2.46. The van der Waals surface area contributed by atoms with Gasteiger partial charge in [-0.25, -0.2) is 14.4 Å². The average Bonchev–Trinajstić information content (AvgIpc) is 3.45. The van der Waals surface area contributed by atoms with Gasteiger partial charge in [0.1, 0.15) is 25.5 Å². The van der Waals surface area contributed by atoms with E-state index < -0.39 is 30.2 Å². The minimum atomic E-state index is -0.857. The number of hydrogen-bond acceptors (Lipinski definition) is 9. The highest BCUT2D eigenvalue weighted by Gasteiger charge is 2.60. The Bertz CT molecular complexity index is 1120. The number of aliphatic hydroxyl groups excluding tert-OH is 1. The summed E-state index contributed by atoms with van der Waals surface area (Å²) >= 11 is 1.44. The maximum absolute atomic E-state index is 13.1. The van der Waals surface area contributed by atoms with Crippen molar-refractivity contribution in [2.75, 3.05) is 40.0 Å². The number of carbonyl (C=O) groups is 4. The molecule has 224 valence electrons. The number of nitrogens with zero attached hydrogens (tertiary/aromatic N) is 3. The molecule has 0 aliphatic carbocycles. The third kappa shape index (κ3) is 7.05. The summed E-state index contributed by atoms with van der Waals surface area (Å²) in [5.74, 6) is -1.75. The number of fused-ring (bicyclic) bond motifs is 1. The molecule has 3 aliphatic heterocycles. The topological polar surface area (TPSA) is 126 Å². The molecule has 0 aromatic heterocycles. The van der Waals surface area contributed by atoms with Crippen molar-refractivity contribution in [1.82, 2.24) is 14.7 Å². The van der Waals surface area contributed by atoms with Gasteiger partial charge < -0.3 is 34.0 Å². The lowest BCUT2D eigenvalue weighted by molar-refractivity contribution is -0.164. The predicted molar refractivity (Wildman–Crippen MR) is 155 cm³/mol. The molecule has 0 aromatic rings.